The molecule has 3 aromatic rings. The zero-order valence-electron chi connectivity index (χ0n) is 44.1. The molecule has 10 amide bonds. The van der Waals surface area contributed by atoms with Gasteiger partial charge in [0.15, 0.2) is 11.9 Å². The van der Waals surface area contributed by atoms with Crippen molar-refractivity contribution < 1.29 is 47.9 Å². The van der Waals surface area contributed by atoms with Crippen LogP contribution in [0.15, 0.2) is 70.8 Å². The summed E-state index contributed by atoms with van der Waals surface area (Å²) >= 11 is 0. The Kier molecular flexibility index (Phi) is 29.6. The summed E-state index contributed by atoms with van der Waals surface area (Å²) in [7, 11) is 0. The van der Waals surface area contributed by atoms with E-state index in [4.69, 9.17) is 28.7 Å². The fraction of sp³-hybridized carbons (Fsp3) is 0.480. The summed E-state index contributed by atoms with van der Waals surface area (Å²) in [6.45, 7) is 6.77. The highest BCUT2D eigenvalue weighted by Gasteiger charge is 2.32. The van der Waals surface area contributed by atoms with Crippen molar-refractivity contribution in [3.63, 3.8) is 0 Å². The molecular formula is C50H77N17O10. The molecule has 422 valence electrons. The van der Waals surface area contributed by atoms with Crippen molar-refractivity contribution in [2.24, 2.45) is 38.7 Å². The second-order valence-electron chi connectivity index (χ2n) is 17.6. The number of fused-ring (bicyclic) bond motifs is 1. The third-order valence-electron chi connectivity index (χ3n) is 11.0. The van der Waals surface area contributed by atoms with Crippen LogP contribution in [0.2, 0.25) is 0 Å². The highest BCUT2D eigenvalue weighted by Crippen LogP contribution is 2.19. The molecule has 1 fully saturated rings. The lowest BCUT2D eigenvalue weighted by atomic mass is 10.0. The van der Waals surface area contributed by atoms with Gasteiger partial charge in [0.25, 0.3) is 0 Å². The number of aliphatic imine (C=N–C) groups is 2. The van der Waals surface area contributed by atoms with Crippen LogP contribution < -0.4 is 76.5 Å². The van der Waals surface area contributed by atoms with Gasteiger partial charge in [0.05, 0.1) is 13.1 Å². The molecule has 27 nitrogen and oxygen atoms in total. The smallest absolute Gasteiger partial charge is 0.243 e. The van der Waals surface area contributed by atoms with Crippen molar-refractivity contribution >= 4 is 81.9 Å². The fourth-order valence-electron chi connectivity index (χ4n) is 7.19. The largest absolute Gasteiger partial charge is 0.370 e. The van der Waals surface area contributed by atoms with E-state index in [1.807, 2.05) is 38.1 Å². The fourth-order valence-corrected chi connectivity index (χ4v) is 7.19. The molecule has 5 atom stereocenters. The number of H-pyrrole nitrogens is 1. The van der Waals surface area contributed by atoms with E-state index in [-0.39, 0.29) is 70.0 Å². The van der Waals surface area contributed by atoms with E-state index in [9.17, 15) is 47.9 Å². The number of nitrogens with zero attached hydrogens (tertiary/aromatic N) is 2. The van der Waals surface area contributed by atoms with Gasteiger partial charge in [-0.05, 0) is 55.7 Å². The Hall–Kier alpha value is -8.78. The van der Waals surface area contributed by atoms with Gasteiger partial charge in [-0.3, -0.25) is 57.9 Å². The molecular weight excluding hydrogens is 999 g/mol. The molecule has 3 unspecified atom stereocenters. The molecule has 27 heteroatoms. The quantitative estimate of drug-likeness (QED) is 0.0523. The molecule has 0 aliphatic carbocycles. The topological polar surface area (TPSA) is 450 Å². The highest BCUT2D eigenvalue weighted by atomic mass is 16.2. The average Bonchev–Trinajstić information content (AvgIpc) is 3.79. The van der Waals surface area contributed by atoms with Crippen LogP contribution >= 0.6 is 0 Å². The molecule has 0 bridgehead atoms. The van der Waals surface area contributed by atoms with Gasteiger partial charge in [-0.15, -0.1) is 0 Å². The summed E-state index contributed by atoms with van der Waals surface area (Å²) in [5.74, 6) is -6.81. The molecule has 20 N–H and O–H groups in total. The molecule has 1 aromatic heterocycles. The molecule has 77 heavy (non-hydrogen) atoms. The number of aromatic amines is 1. The number of hydrogen-bond donors (Lipinski definition) is 15. The maximum atomic E-state index is 14.0. The number of hydrogen-bond acceptors (Lipinski definition) is 12. The van der Waals surface area contributed by atoms with Crippen molar-refractivity contribution in [3.05, 3.63) is 71.9 Å². The van der Waals surface area contributed by atoms with E-state index in [0.717, 1.165) is 36.8 Å². The maximum Gasteiger partial charge on any atom is 0.243 e. The van der Waals surface area contributed by atoms with Crippen LogP contribution in [0.3, 0.4) is 0 Å². The first kappa shape index (κ1) is 64.3. The summed E-state index contributed by atoms with van der Waals surface area (Å²) in [5, 5.41) is 23.7. The third kappa shape index (κ3) is 26.8. The van der Waals surface area contributed by atoms with Crippen LogP contribution in [0.25, 0.3) is 10.9 Å². The van der Waals surface area contributed by atoms with Crippen LogP contribution in [0, 0.1) is 0 Å². The standard InChI is InChI=1S/C42H55N11O10.2C4H11N3/c1-24(54)44-18-16-32-41(62)53-33(19-26-9-4-3-5-10-26)39(60)48-23-37(58)50-34(20-27-21-47-29-12-7-6-11-28(27)29)42(63)51-30(38(43)59)13-8-17-45-35(56)15-14-31(40(61)52-32)49-36(57)22-46-25(2)55;2*1-2-3-7-4(5)6/h3-7,9-12,21,30-34,47H,8,13-20,22-23H2,1-2H3,(H2,43,59)(H,44,54)(H,45,56)(H,46,55)(H,48,60)(H,49,57)(H,50,58)(H,51,63)(H,52,61)(H,53,62);2*2-3H2,1H3,(H4,5,6,7)/t30?,31?,32-,33?,34-;;/m0../s1. The predicted molar refractivity (Wildman–Crippen MR) is 289 cm³/mol. The van der Waals surface area contributed by atoms with E-state index < -0.39 is 102 Å². The zero-order chi connectivity index (χ0) is 57.3. The molecule has 2 aromatic carbocycles. The number of rotatable bonds is 15. The third-order valence-corrected chi connectivity index (χ3v) is 11.0. The van der Waals surface area contributed by atoms with Crippen molar-refractivity contribution in [2.45, 2.75) is 116 Å². The van der Waals surface area contributed by atoms with Crippen LogP contribution in [-0.4, -0.2) is 145 Å². The van der Waals surface area contributed by atoms with E-state index in [0.29, 0.717) is 11.1 Å². The van der Waals surface area contributed by atoms with Crippen LogP contribution in [-0.2, 0) is 60.8 Å². The Balaban J connectivity index is 0.00000127. The summed E-state index contributed by atoms with van der Waals surface area (Å²) in [4.78, 5) is 141. The van der Waals surface area contributed by atoms with Crippen LogP contribution in [0.5, 0.6) is 0 Å². The molecule has 0 spiro atoms. The minimum absolute atomic E-state index is 0.000888. The average molecular weight is 1080 g/mol. The Labute approximate surface area is 447 Å². The summed E-state index contributed by atoms with van der Waals surface area (Å²) < 4.78 is 0. The van der Waals surface area contributed by atoms with E-state index in [1.165, 1.54) is 13.8 Å². The lowest BCUT2D eigenvalue weighted by molar-refractivity contribution is -0.134. The minimum Gasteiger partial charge on any atom is -0.370 e. The van der Waals surface area contributed by atoms with Gasteiger partial charge in [-0.2, -0.15) is 0 Å². The predicted octanol–water partition coefficient (Wildman–Crippen LogP) is -3.33. The number of para-hydroxylation sites is 1. The van der Waals surface area contributed by atoms with Crippen molar-refractivity contribution in [1.29, 1.82) is 0 Å². The Morgan fingerprint density at radius 2 is 1.25 bits per heavy atom. The molecule has 1 aliphatic heterocycles. The number of primary amides is 1. The van der Waals surface area contributed by atoms with Gasteiger partial charge in [0, 0.05) is 76.4 Å². The molecule has 4 rings (SSSR count). The van der Waals surface area contributed by atoms with Crippen molar-refractivity contribution in [1.82, 2.24) is 52.8 Å². The summed E-state index contributed by atoms with van der Waals surface area (Å²) in [6.07, 6.45) is 3.03. The number of benzene rings is 2. The van der Waals surface area contributed by atoms with Crippen molar-refractivity contribution in [2.75, 3.05) is 39.3 Å². The van der Waals surface area contributed by atoms with E-state index in [1.54, 1.807) is 36.5 Å². The van der Waals surface area contributed by atoms with E-state index in [2.05, 4.69) is 62.8 Å². The SMILES string of the molecule is CC(=O)NCC[C@@H]1NC(=O)C(NC(=O)CNC(C)=O)CCC(=O)NCCCC(C(N)=O)NC(=O)[C@H](Cc2c[nH]c3ccccc23)NC(=O)CNC(=O)C(Cc2ccccc2)NC1=O.CCCN=C(N)N.CCCN=C(N)N. The lowest BCUT2D eigenvalue weighted by Gasteiger charge is -2.26. The van der Waals surface area contributed by atoms with Gasteiger partial charge in [0.1, 0.15) is 30.2 Å². The first-order chi connectivity index (χ1) is 36.6. The second-order valence-corrected chi connectivity index (χ2v) is 17.6. The number of guanidine groups is 2. The maximum absolute atomic E-state index is 14.0. The Morgan fingerprint density at radius 3 is 1.84 bits per heavy atom. The normalized spacial score (nSPS) is 18.9. The molecule has 0 saturated carbocycles. The van der Waals surface area contributed by atoms with Crippen molar-refractivity contribution in [3.8, 4) is 0 Å². The van der Waals surface area contributed by atoms with E-state index >= 15 is 0 Å². The number of nitrogens with one attached hydrogen (secondary N) is 10. The molecule has 2 heterocycles. The van der Waals surface area contributed by atoms with Gasteiger partial charge >= 0.3 is 0 Å². The number of carbonyl (C=O) groups is 10. The first-order valence-corrected chi connectivity index (χ1v) is 25.2. The Bertz CT molecular complexity index is 2470. The Morgan fingerprint density at radius 1 is 0.649 bits per heavy atom. The monoisotopic (exact) mass is 1080 g/mol. The van der Waals surface area contributed by atoms with Crippen LogP contribution in [0.1, 0.15) is 83.8 Å². The summed E-state index contributed by atoms with van der Waals surface area (Å²) in [6, 6.07) is 9.35. The molecule has 0 radical (unpaired) electrons. The molecule has 1 aliphatic rings. The number of amides is 10. The number of carbonyl (C=O) groups excluding carboxylic acids is 10. The van der Waals surface area contributed by atoms with Gasteiger partial charge < -0.3 is 81.5 Å². The first-order valence-electron chi connectivity index (χ1n) is 25.2. The highest BCUT2D eigenvalue weighted by molar-refractivity contribution is 5.97. The zero-order valence-corrected chi connectivity index (χ0v) is 44.1. The van der Waals surface area contributed by atoms with Gasteiger partial charge in [0.2, 0.25) is 59.1 Å². The van der Waals surface area contributed by atoms with Gasteiger partial charge in [-0.1, -0.05) is 62.4 Å². The summed E-state index contributed by atoms with van der Waals surface area (Å²) in [5.41, 5.74) is 27.8. The van der Waals surface area contributed by atoms with Crippen LogP contribution in [0.4, 0.5) is 0 Å². The number of aromatic nitrogens is 1. The minimum atomic E-state index is -1.40. The van der Waals surface area contributed by atoms with Gasteiger partial charge in [-0.25, -0.2) is 0 Å². The second kappa shape index (κ2) is 35.4. The lowest BCUT2D eigenvalue weighted by Crippen LogP contribution is -2.58. The molecule has 1 saturated heterocycles. The number of nitrogens with two attached hydrogens (primary N) is 5.